The van der Waals surface area contributed by atoms with Gasteiger partial charge in [0.1, 0.15) is 19.0 Å². The van der Waals surface area contributed by atoms with Gasteiger partial charge in [-0.15, -0.1) is 0 Å². The Morgan fingerprint density at radius 2 is 1.72 bits per heavy atom. The Morgan fingerprint density at radius 3 is 2.59 bits per heavy atom. The molecule has 5 rings (SSSR count). The van der Waals surface area contributed by atoms with E-state index in [1.165, 1.54) is 22.3 Å². The van der Waals surface area contributed by atoms with Crippen molar-refractivity contribution in [1.29, 1.82) is 0 Å². The Labute approximate surface area is 171 Å². The highest BCUT2D eigenvalue weighted by Crippen LogP contribution is 2.39. The number of hydrogen-bond donors (Lipinski definition) is 1. The van der Waals surface area contributed by atoms with Crippen LogP contribution in [-0.4, -0.2) is 26.4 Å². The van der Waals surface area contributed by atoms with Gasteiger partial charge in [0, 0.05) is 13.0 Å². The lowest BCUT2D eigenvalue weighted by atomic mass is 9.89. The van der Waals surface area contributed by atoms with Crippen molar-refractivity contribution >= 4 is 0 Å². The van der Waals surface area contributed by atoms with E-state index in [9.17, 15) is 0 Å². The second kappa shape index (κ2) is 8.18. The summed E-state index contributed by atoms with van der Waals surface area (Å²) in [5, 5.41) is 3.66. The van der Waals surface area contributed by atoms with Crippen molar-refractivity contribution in [3.8, 4) is 17.2 Å². The third-order valence-corrected chi connectivity index (χ3v) is 5.55. The van der Waals surface area contributed by atoms with Crippen LogP contribution in [0.25, 0.3) is 0 Å². The maximum Gasteiger partial charge on any atom is 0.161 e. The molecule has 4 nitrogen and oxygen atoms in total. The molecule has 1 atom stereocenters. The van der Waals surface area contributed by atoms with Gasteiger partial charge in [0.15, 0.2) is 11.5 Å². The summed E-state index contributed by atoms with van der Waals surface area (Å²) >= 11 is 0. The van der Waals surface area contributed by atoms with Crippen molar-refractivity contribution < 1.29 is 14.2 Å². The molecule has 3 aromatic rings. The number of fused-ring (bicyclic) bond motifs is 2. The van der Waals surface area contributed by atoms with Gasteiger partial charge >= 0.3 is 0 Å². The molecule has 0 aromatic heterocycles. The first-order valence-corrected chi connectivity index (χ1v) is 10.3. The predicted molar refractivity (Wildman–Crippen MR) is 113 cm³/mol. The fourth-order valence-electron chi connectivity index (χ4n) is 4.11. The molecule has 148 valence electrons. The molecule has 0 amide bonds. The second-order valence-electron chi connectivity index (χ2n) is 7.49. The fourth-order valence-corrected chi connectivity index (χ4v) is 4.11. The summed E-state index contributed by atoms with van der Waals surface area (Å²) in [6, 6.07) is 23.3. The molecule has 4 heteroatoms. The van der Waals surface area contributed by atoms with Crippen LogP contribution < -0.4 is 19.5 Å². The van der Waals surface area contributed by atoms with E-state index in [1.807, 2.05) is 12.1 Å². The number of rotatable bonds is 5. The van der Waals surface area contributed by atoms with Crippen LogP contribution in [0.5, 0.6) is 17.2 Å². The molecule has 0 radical (unpaired) electrons. The van der Waals surface area contributed by atoms with Gasteiger partial charge < -0.3 is 19.5 Å². The van der Waals surface area contributed by atoms with Crippen LogP contribution in [0.3, 0.4) is 0 Å². The summed E-state index contributed by atoms with van der Waals surface area (Å²) in [5.74, 6) is 2.62. The molecule has 1 unspecified atom stereocenters. The van der Waals surface area contributed by atoms with E-state index in [-0.39, 0.29) is 6.04 Å². The van der Waals surface area contributed by atoms with Gasteiger partial charge in [0.25, 0.3) is 0 Å². The molecule has 1 N–H and O–H groups in total. The summed E-state index contributed by atoms with van der Waals surface area (Å²) in [6.45, 7) is 2.84. The highest BCUT2D eigenvalue weighted by atomic mass is 16.6. The van der Waals surface area contributed by atoms with Crippen molar-refractivity contribution in [1.82, 2.24) is 5.32 Å². The molecular formula is C25H25NO3. The molecule has 0 saturated heterocycles. The van der Waals surface area contributed by atoms with Crippen molar-refractivity contribution in [3.63, 3.8) is 0 Å². The van der Waals surface area contributed by atoms with Gasteiger partial charge in [-0.2, -0.15) is 0 Å². The van der Waals surface area contributed by atoms with Crippen molar-refractivity contribution in [2.24, 2.45) is 0 Å². The topological polar surface area (TPSA) is 39.7 Å². The first-order chi connectivity index (χ1) is 14.4. The van der Waals surface area contributed by atoms with E-state index < -0.39 is 0 Å². The lowest BCUT2D eigenvalue weighted by Gasteiger charge is -2.30. The lowest BCUT2D eigenvalue weighted by Crippen LogP contribution is -2.31. The fraction of sp³-hybridized carbons (Fsp3) is 0.280. The monoisotopic (exact) mass is 387 g/mol. The smallest absolute Gasteiger partial charge is 0.161 e. The zero-order valence-electron chi connectivity index (χ0n) is 16.4. The van der Waals surface area contributed by atoms with Crippen molar-refractivity contribution in [2.45, 2.75) is 18.9 Å². The van der Waals surface area contributed by atoms with Crippen molar-refractivity contribution in [3.05, 3.63) is 89.0 Å². The molecule has 3 aromatic carbocycles. The summed E-state index contributed by atoms with van der Waals surface area (Å²) in [4.78, 5) is 0. The number of ether oxygens (including phenoxy) is 3. The van der Waals surface area contributed by atoms with E-state index in [1.54, 1.807) is 0 Å². The zero-order valence-corrected chi connectivity index (χ0v) is 16.4. The predicted octanol–water partition coefficient (Wildman–Crippen LogP) is 4.31. The summed E-state index contributed by atoms with van der Waals surface area (Å²) in [7, 11) is 0. The molecule has 2 aliphatic rings. The van der Waals surface area contributed by atoms with Crippen molar-refractivity contribution in [2.75, 3.05) is 26.4 Å². The largest absolute Gasteiger partial charge is 0.493 e. The minimum Gasteiger partial charge on any atom is -0.493 e. The Morgan fingerprint density at radius 1 is 0.897 bits per heavy atom. The average Bonchev–Trinajstić information content (AvgIpc) is 2.78. The molecule has 0 spiro atoms. The highest BCUT2D eigenvalue weighted by Gasteiger charge is 2.25. The van der Waals surface area contributed by atoms with Crippen LogP contribution >= 0.6 is 0 Å². The number of nitrogens with one attached hydrogen (secondary N) is 1. The van der Waals surface area contributed by atoms with Crippen LogP contribution in [0.15, 0.2) is 66.7 Å². The third kappa shape index (κ3) is 3.94. The maximum absolute atomic E-state index is 6.05. The molecule has 0 aliphatic carbocycles. The first-order valence-electron chi connectivity index (χ1n) is 10.3. The zero-order chi connectivity index (χ0) is 19.5. The van der Waals surface area contributed by atoms with Crippen LogP contribution in [0.2, 0.25) is 0 Å². The Hall–Kier alpha value is -2.98. The van der Waals surface area contributed by atoms with E-state index in [2.05, 4.69) is 59.9 Å². The van der Waals surface area contributed by atoms with Gasteiger partial charge in [-0.1, -0.05) is 42.5 Å². The first kappa shape index (κ1) is 18.1. The molecule has 2 aliphatic heterocycles. The third-order valence-electron chi connectivity index (χ3n) is 5.55. The van der Waals surface area contributed by atoms with Gasteiger partial charge in [-0.05, 0) is 52.9 Å². The Kier molecular flexibility index (Phi) is 5.10. The Balaban J connectivity index is 1.35. The minimum absolute atomic E-state index is 0.132. The van der Waals surface area contributed by atoms with Crippen LogP contribution in [0.4, 0.5) is 0 Å². The van der Waals surface area contributed by atoms with E-state index in [0.29, 0.717) is 19.8 Å². The summed E-state index contributed by atoms with van der Waals surface area (Å²) in [5.41, 5.74) is 5.09. The second-order valence-corrected chi connectivity index (χ2v) is 7.49. The SMILES string of the molecule is c1ccc(CCOc2cccc(C3NCCc4cc5c(cc43)OCCO5)c2)cc1. The summed E-state index contributed by atoms with van der Waals surface area (Å²) < 4.78 is 17.6. The molecule has 2 heterocycles. The van der Waals surface area contributed by atoms with E-state index in [0.717, 1.165) is 36.6 Å². The standard InChI is InChI=1S/C25H25NO3/c1-2-5-18(6-3-1)10-12-27-21-8-4-7-20(15-21)25-22-17-24-23(28-13-14-29-24)16-19(22)9-11-26-25/h1-8,15-17,25-26H,9-14H2. The molecule has 0 saturated carbocycles. The van der Waals surface area contributed by atoms with Crippen LogP contribution in [-0.2, 0) is 12.8 Å². The molecule has 29 heavy (non-hydrogen) atoms. The number of hydrogen-bond acceptors (Lipinski definition) is 4. The quantitative estimate of drug-likeness (QED) is 0.708. The summed E-state index contributed by atoms with van der Waals surface area (Å²) in [6.07, 6.45) is 1.90. The van der Waals surface area contributed by atoms with E-state index in [4.69, 9.17) is 14.2 Å². The van der Waals surface area contributed by atoms with Gasteiger partial charge in [0.2, 0.25) is 0 Å². The van der Waals surface area contributed by atoms with Gasteiger partial charge in [0.05, 0.1) is 12.6 Å². The minimum atomic E-state index is 0.132. The maximum atomic E-state index is 6.05. The normalized spacial score (nSPS) is 17.4. The van der Waals surface area contributed by atoms with Crippen LogP contribution in [0.1, 0.15) is 28.3 Å². The molecule has 0 bridgehead atoms. The number of benzene rings is 3. The average molecular weight is 387 g/mol. The van der Waals surface area contributed by atoms with Gasteiger partial charge in [-0.25, -0.2) is 0 Å². The highest BCUT2D eigenvalue weighted by molar-refractivity contribution is 5.52. The Bertz CT molecular complexity index is 987. The lowest BCUT2D eigenvalue weighted by molar-refractivity contribution is 0.171. The van der Waals surface area contributed by atoms with Gasteiger partial charge in [-0.3, -0.25) is 0 Å². The van der Waals surface area contributed by atoms with Crippen LogP contribution in [0, 0.1) is 0 Å². The molecular weight excluding hydrogens is 362 g/mol. The molecule has 0 fully saturated rings. The van der Waals surface area contributed by atoms with E-state index >= 15 is 0 Å².